The highest BCUT2D eigenvalue weighted by atomic mass is 35.5. The van der Waals surface area contributed by atoms with Crippen molar-refractivity contribution in [1.29, 1.82) is 0 Å². The molecular weight excluding hydrogens is 362 g/mol. The second kappa shape index (κ2) is 15.8. The first-order chi connectivity index (χ1) is 13.0. The monoisotopic (exact) mass is 391 g/mol. The number of fused-ring (bicyclic) bond motifs is 1. The summed E-state index contributed by atoms with van der Waals surface area (Å²) < 4.78 is 0. The van der Waals surface area contributed by atoms with Gasteiger partial charge in [0, 0.05) is 10.6 Å². The lowest BCUT2D eigenvalue weighted by Gasteiger charge is -2.00. The molecule has 27 heavy (non-hydrogen) atoms. The average molecular weight is 392 g/mol. The van der Waals surface area contributed by atoms with Crippen molar-refractivity contribution in [2.24, 2.45) is 5.73 Å². The summed E-state index contributed by atoms with van der Waals surface area (Å²) in [6, 6.07) is 11.7. The van der Waals surface area contributed by atoms with Gasteiger partial charge in [0.15, 0.2) is 0 Å². The minimum Gasteiger partial charge on any atom is -0.366 e. The Morgan fingerprint density at radius 3 is 1.96 bits per heavy atom. The number of rotatable bonds is 1. The molecule has 0 atom stereocenters. The van der Waals surface area contributed by atoms with Crippen LogP contribution in [-0.2, 0) is 22.4 Å². The Bertz CT molecular complexity index is 700. The minimum absolute atomic E-state index is 0.367. The summed E-state index contributed by atoms with van der Waals surface area (Å²) in [4.78, 5) is 26.7. The van der Waals surface area contributed by atoms with Gasteiger partial charge >= 0.3 is 0 Å². The summed E-state index contributed by atoms with van der Waals surface area (Å²) in [6.07, 6.45) is 3.76. The normalized spacial score (nSPS) is 10.1. The molecule has 0 fully saturated rings. The highest BCUT2D eigenvalue weighted by Crippen LogP contribution is 2.24. The SMILES string of the molecule is C=O.C=O.CC.Cc1ccc(C(N)=O)cc1C.Clc1ccc2c(c1)CCC2. The van der Waals surface area contributed by atoms with E-state index in [1.54, 1.807) is 12.1 Å². The second-order valence-corrected chi connectivity index (χ2v) is 5.87. The maximum atomic E-state index is 10.7. The van der Waals surface area contributed by atoms with E-state index < -0.39 is 0 Å². The summed E-state index contributed by atoms with van der Waals surface area (Å²) in [5.74, 6) is -0.367. The van der Waals surface area contributed by atoms with Crippen LogP contribution < -0.4 is 5.73 Å². The molecule has 4 nitrogen and oxygen atoms in total. The number of hydrogen-bond donors (Lipinski definition) is 1. The van der Waals surface area contributed by atoms with Gasteiger partial charge in [-0.25, -0.2) is 0 Å². The van der Waals surface area contributed by atoms with Gasteiger partial charge in [0.1, 0.15) is 13.6 Å². The number of nitrogens with two attached hydrogens (primary N) is 1. The van der Waals surface area contributed by atoms with Crippen molar-refractivity contribution in [3.8, 4) is 0 Å². The van der Waals surface area contributed by atoms with E-state index in [0.29, 0.717) is 5.56 Å². The molecule has 0 bridgehead atoms. The Morgan fingerprint density at radius 1 is 0.889 bits per heavy atom. The molecule has 2 aromatic rings. The highest BCUT2D eigenvalue weighted by molar-refractivity contribution is 6.30. The van der Waals surface area contributed by atoms with Crippen molar-refractivity contribution in [3.63, 3.8) is 0 Å². The third kappa shape index (κ3) is 9.71. The first-order valence-electron chi connectivity index (χ1n) is 8.69. The summed E-state index contributed by atoms with van der Waals surface area (Å²) in [7, 11) is 0. The van der Waals surface area contributed by atoms with Crippen LogP contribution in [0.4, 0.5) is 0 Å². The predicted octanol–water partition coefficient (Wildman–Crippen LogP) is 4.89. The van der Waals surface area contributed by atoms with E-state index in [4.69, 9.17) is 26.9 Å². The molecule has 1 amide bonds. The number of halogens is 1. The third-order valence-corrected chi connectivity index (χ3v) is 4.09. The van der Waals surface area contributed by atoms with Gasteiger partial charge in [-0.2, -0.15) is 0 Å². The average Bonchev–Trinajstić information content (AvgIpc) is 3.17. The fourth-order valence-electron chi connectivity index (χ4n) is 2.44. The number of amides is 1. The first kappa shape index (κ1) is 26.8. The van der Waals surface area contributed by atoms with Crippen LogP contribution in [0.25, 0.3) is 0 Å². The molecule has 2 N–H and O–H groups in total. The van der Waals surface area contributed by atoms with Gasteiger partial charge < -0.3 is 15.3 Å². The van der Waals surface area contributed by atoms with Crippen molar-refractivity contribution in [2.45, 2.75) is 47.0 Å². The van der Waals surface area contributed by atoms with Crippen LogP contribution in [0.5, 0.6) is 0 Å². The van der Waals surface area contributed by atoms with Gasteiger partial charge in [0.05, 0.1) is 0 Å². The predicted molar refractivity (Wildman–Crippen MR) is 114 cm³/mol. The van der Waals surface area contributed by atoms with E-state index in [1.807, 2.05) is 53.4 Å². The molecule has 3 rings (SSSR count). The third-order valence-electron chi connectivity index (χ3n) is 3.85. The zero-order valence-corrected chi connectivity index (χ0v) is 17.4. The molecule has 0 unspecified atom stereocenters. The van der Waals surface area contributed by atoms with Gasteiger partial charge in [-0.05, 0) is 79.6 Å². The number of carbonyl (C=O) groups excluding carboxylic acids is 3. The van der Waals surface area contributed by atoms with Crippen LogP contribution in [-0.4, -0.2) is 19.5 Å². The summed E-state index contributed by atoms with van der Waals surface area (Å²) >= 11 is 5.82. The Kier molecular flexibility index (Phi) is 15.6. The van der Waals surface area contributed by atoms with Gasteiger partial charge in [0.2, 0.25) is 5.91 Å². The van der Waals surface area contributed by atoms with Gasteiger partial charge in [0.25, 0.3) is 0 Å². The van der Waals surface area contributed by atoms with E-state index in [9.17, 15) is 4.79 Å². The number of hydrogen-bond acceptors (Lipinski definition) is 3. The lowest BCUT2D eigenvalue weighted by atomic mass is 10.1. The Morgan fingerprint density at radius 2 is 1.44 bits per heavy atom. The van der Waals surface area contributed by atoms with Gasteiger partial charge in [-0.15, -0.1) is 0 Å². The molecule has 0 saturated carbocycles. The lowest BCUT2D eigenvalue weighted by molar-refractivity contribution is -0.0987. The smallest absolute Gasteiger partial charge is 0.248 e. The molecule has 1 aliphatic carbocycles. The molecule has 0 saturated heterocycles. The maximum absolute atomic E-state index is 10.7. The zero-order chi connectivity index (χ0) is 21.4. The lowest BCUT2D eigenvalue weighted by Crippen LogP contribution is -2.10. The molecule has 0 spiro atoms. The van der Waals surface area contributed by atoms with E-state index in [1.165, 1.54) is 36.0 Å². The van der Waals surface area contributed by atoms with E-state index in [2.05, 4.69) is 12.1 Å². The largest absolute Gasteiger partial charge is 0.366 e. The van der Waals surface area contributed by atoms with Crippen molar-refractivity contribution >= 4 is 31.1 Å². The van der Waals surface area contributed by atoms with Crippen LogP contribution in [0.1, 0.15) is 52.9 Å². The molecule has 0 aliphatic heterocycles. The molecule has 2 aromatic carbocycles. The highest BCUT2D eigenvalue weighted by Gasteiger charge is 2.09. The molecule has 0 heterocycles. The molecular formula is C22H30ClNO3. The first-order valence-corrected chi connectivity index (χ1v) is 9.07. The van der Waals surface area contributed by atoms with Crippen molar-refractivity contribution in [1.82, 2.24) is 0 Å². The van der Waals surface area contributed by atoms with Crippen LogP contribution >= 0.6 is 11.6 Å². The molecule has 5 heteroatoms. The Hall–Kier alpha value is -2.46. The minimum atomic E-state index is -0.367. The number of aryl methyl sites for hydroxylation is 4. The topological polar surface area (TPSA) is 77.2 Å². The summed E-state index contributed by atoms with van der Waals surface area (Å²) in [6.45, 7) is 12.0. The Labute approximate surface area is 167 Å². The summed E-state index contributed by atoms with van der Waals surface area (Å²) in [5, 5.41) is 0.876. The quantitative estimate of drug-likeness (QED) is 0.751. The molecule has 148 valence electrons. The van der Waals surface area contributed by atoms with Crippen LogP contribution in [0.3, 0.4) is 0 Å². The van der Waals surface area contributed by atoms with Gasteiger partial charge in [-0.3, -0.25) is 4.79 Å². The van der Waals surface area contributed by atoms with Crippen molar-refractivity contribution < 1.29 is 14.4 Å². The van der Waals surface area contributed by atoms with E-state index >= 15 is 0 Å². The number of primary amides is 1. The van der Waals surface area contributed by atoms with Crippen LogP contribution in [0, 0.1) is 13.8 Å². The van der Waals surface area contributed by atoms with Crippen LogP contribution in [0.15, 0.2) is 36.4 Å². The fourth-order valence-corrected chi connectivity index (χ4v) is 2.63. The second-order valence-electron chi connectivity index (χ2n) is 5.43. The van der Waals surface area contributed by atoms with Gasteiger partial charge in [-0.1, -0.05) is 37.6 Å². The van der Waals surface area contributed by atoms with E-state index in [0.717, 1.165) is 10.6 Å². The summed E-state index contributed by atoms with van der Waals surface area (Å²) in [5.41, 5.74) is 10.9. The zero-order valence-electron chi connectivity index (χ0n) is 16.7. The molecule has 1 aliphatic rings. The van der Waals surface area contributed by atoms with Crippen molar-refractivity contribution in [2.75, 3.05) is 0 Å². The molecule has 0 aromatic heterocycles. The van der Waals surface area contributed by atoms with Crippen molar-refractivity contribution in [3.05, 3.63) is 69.2 Å². The molecule has 0 radical (unpaired) electrons. The number of benzene rings is 2. The number of carbonyl (C=O) groups is 3. The standard InChI is InChI=1S/C9H9Cl.C9H11NO.C2H6.2CH2O/c10-9-5-4-7-2-1-3-8(7)6-9;1-6-3-4-8(9(10)11)5-7(6)2;3*1-2/h4-6H,1-3H2;3-5H,1-2H3,(H2,10,11);1-2H3;2*1H2. The van der Waals surface area contributed by atoms with E-state index in [-0.39, 0.29) is 5.91 Å². The Balaban J connectivity index is 0. The maximum Gasteiger partial charge on any atom is 0.248 e. The fraction of sp³-hybridized carbons (Fsp3) is 0.318. The van der Waals surface area contributed by atoms with Crippen LogP contribution in [0.2, 0.25) is 5.02 Å².